The number of sulfonamides is 1. The van der Waals surface area contributed by atoms with Crippen molar-refractivity contribution < 1.29 is 31.5 Å². The molecule has 0 bridgehead atoms. The van der Waals surface area contributed by atoms with Crippen molar-refractivity contribution in [2.75, 3.05) is 38.1 Å². The minimum absolute atomic E-state index is 0.0208. The van der Waals surface area contributed by atoms with E-state index in [0.717, 1.165) is 16.5 Å². The number of pyridine rings is 2. The summed E-state index contributed by atoms with van der Waals surface area (Å²) >= 11 is 0. The average Bonchev–Trinajstić information content (AvgIpc) is 3.40. The number of aryl methyl sites for hydroxylation is 2. The largest absolute Gasteiger partial charge is 0.481 e. The molecule has 0 aliphatic carbocycles. The van der Waals surface area contributed by atoms with Gasteiger partial charge in [-0.3, -0.25) is 9.20 Å². The number of carboxylic acids is 1. The summed E-state index contributed by atoms with van der Waals surface area (Å²) in [6.45, 7) is 5.79. The Morgan fingerprint density at radius 2 is 1.89 bits per heavy atom. The standard InChI is InChI=1S/C30H32F3N7O4S/c1-18-6-7-20(24(14-26(41)42)23-8-10-40-27(19(23)2)35-36-29(40)30(31,32)33)13-21(18)15-38-17-22-16-37(3)11-12-39(22)28-25(45(38,43)44)5-4-9-34-28/h4-10,13,22,24H,11-12,14-17H2,1-3H3,(H,41,42)/t22-,24?/m1/s1. The summed E-state index contributed by atoms with van der Waals surface area (Å²) < 4.78 is 70.8. The molecule has 5 heterocycles. The van der Waals surface area contributed by atoms with Crippen molar-refractivity contribution in [1.29, 1.82) is 0 Å². The number of fused-ring (bicyclic) bond motifs is 4. The summed E-state index contributed by atoms with van der Waals surface area (Å²) in [4.78, 5) is 20.9. The molecule has 1 aromatic carbocycles. The zero-order valence-corrected chi connectivity index (χ0v) is 25.7. The van der Waals surface area contributed by atoms with Crippen LogP contribution in [0, 0.1) is 13.8 Å². The second kappa shape index (κ2) is 11.4. The van der Waals surface area contributed by atoms with Crippen LogP contribution in [0.15, 0.2) is 53.7 Å². The van der Waals surface area contributed by atoms with Gasteiger partial charge in [0, 0.05) is 51.0 Å². The average molecular weight is 644 g/mol. The van der Waals surface area contributed by atoms with Gasteiger partial charge in [-0.2, -0.15) is 17.5 Å². The molecule has 2 atom stereocenters. The van der Waals surface area contributed by atoms with E-state index in [1.807, 2.05) is 20.0 Å². The van der Waals surface area contributed by atoms with E-state index in [1.165, 1.54) is 16.6 Å². The zero-order valence-electron chi connectivity index (χ0n) is 24.9. The highest BCUT2D eigenvalue weighted by Gasteiger charge is 2.40. The first-order valence-electron chi connectivity index (χ1n) is 14.4. The molecule has 11 nitrogen and oxygen atoms in total. The highest BCUT2D eigenvalue weighted by atomic mass is 32.2. The molecule has 2 aliphatic heterocycles. The number of hydrogen-bond acceptors (Lipinski definition) is 8. The monoisotopic (exact) mass is 643 g/mol. The molecule has 0 saturated carbocycles. The van der Waals surface area contributed by atoms with Gasteiger partial charge in [0.2, 0.25) is 15.8 Å². The van der Waals surface area contributed by atoms with Crippen molar-refractivity contribution in [2.24, 2.45) is 0 Å². The zero-order chi connectivity index (χ0) is 32.3. The molecule has 4 aromatic rings. The number of carboxylic acid groups (broad SMARTS) is 1. The molecule has 6 rings (SSSR count). The Hall–Kier alpha value is -4.08. The smallest absolute Gasteiger partial charge is 0.452 e. The Bertz CT molecular complexity index is 1900. The summed E-state index contributed by atoms with van der Waals surface area (Å²) in [7, 11) is -1.95. The number of halogens is 3. The Morgan fingerprint density at radius 3 is 2.62 bits per heavy atom. The van der Waals surface area contributed by atoms with E-state index in [2.05, 4.69) is 25.0 Å². The first kappa shape index (κ1) is 30.9. The van der Waals surface area contributed by atoms with Crippen LogP contribution < -0.4 is 4.90 Å². The van der Waals surface area contributed by atoms with Crippen LogP contribution in [0.5, 0.6) is 0 Å². The van der Waals surface area contributed by atoms with Crippen LogP contribution in [-0.4, -0.2) is 87.5 Å². The predicted molar refractivity (Wildman–Crippen MR) is 158 cm³/mol. The number of likely N-dealkylation sites (N-methyl/N-ethyl adjacent to an activating group) is 1. The predicted octanol–water partition coefficient (Wildman–Crippen LogP) is 3.69. The molecular formula is C30H32F3N7O4S. The van der Waals surface area contributed by atoms with Crippen molar-refractivity contribution in [1.82, 2.24) is 28.8 Å². The van der Waals surface area contributed by atoms with Gasteiger partial charge in [0.1, 0.15) is 10.7 Å². The Balaban J connectivity index is 1.40. The van der Waals surface area contributed by atoms with Crippen LogP contribution in [0.1, 0.15) is 46.0 Å². The van der Waals surface area contributed by atoms with E-state index < -0.39 is 33.9 Å². The van der Waals surface area contributed by atoms with E-state index in [0.29, 0.717) is 41.2 Å². The number of anilines is 1. The van der Waals surface area contributed by atoms with Crippen molar-refractivity contribution in [3.05, 3.63) is 82.4 Å². The highest BCUT2D eigenvalue weighted by Crippen LogP contribution is 2.37. The van der Waals surface area contributed by atoms with Gasteiger partial charge < -0.3 is 14.9 Å². The van der Waals surface area contributed by atoms with E-state index in [1.54, 1.807) is 37.4 Å². The quantitative estimate of drug-likeness (QED) is 0.335. The summed E-state index contributed by atoms with van der Waals surface area (Å²) in [5.41, 5.74) is 2.94. The number of benzene rings is 1. The first-order valence-corrected chi connectivity index (χ1v) is 15.8. The van der Waals surface area contributed by atoms with Crippen molar-refractivity contribution in [3.63, 3.8) is 0 Å². The fraction of sp³-hybridized carbons (Fsp3) is 0.400. The van der Waals surface area contributed by atoms with Gasteiger partial charge in [-0.05, 0) is 66.9 Å². The summed E-state index contributed by atoms with van der Waals surface area (Å²) in [5, 5.41) is 16.9. The SMILES string of the molecule is Cc1ccc(C(CC(=O)O)c2ccn3c(C(F)(F)F)nnc3c2C)cc1CN1C[C@H]2CN(C)CCN2c2ncccc2S1(=O)=O. The minimum atomic E-state index is -4.71. The van der Waals surface area contributed by atoms with Gasteiger partial charge >= 0.3 is 12.1 Å². The van der Waals surface area contributed by atoms with Crippen LogP contribution in [0.3, 0.4) is 0 Å². The topological polar surface area (TPSA) is 124 Å². The Labute approximate surface area is 258 Å². The van der Waals surface area contributed by atoms with Crippen molar-refractivity contribution in [2.45, 2.75) is 49.8 Å². The Morgan fingerprint density at radius 1 is 1.11 bits per heavy atom. The second-order valence-electron chi connectivity index (χ2n) is 11.7. The molecule has 15 heteroatoms. The lowest BCUT2D eigenvalue weighted by atomic mass is 9.85. The summed E-state index contributed by atoms with van der Waals surface area (Å²) in [6.07, 6.45) is -2.26. The van der Waals surface area contributed by atoms with Crippen molar-refractivity contribution >= 4 is 27.5 Å². The van der Waals surface area contributed by atoms with Crippen LogP contribution >= 0.6 is 0 Å². The van der Waals surface area contributed by atoms with Gasteiger partial charge in [0.25, 0.3) is 0 Å². The normalized spacial score (nSPS) is 19.6. The van der Waals surface area contributed by atoms with E-state index >= 15 is 0 Å². The maximum Gasteiger partial charge on any atom is 0.452 e. The third kappa shape index (κ3) is 5.64. The number of hydrogen-bond donors (Lipinski definition) is 1. The van der Waals surface area contributed by atoms with Gasteiger partial charge in [0.05, 0.1) is 12.5 Å². The molecule has 0 amide bonds. The van der Waals surface area contributed by atoms with Gasteiger partial charge in [-0.15, -0.1) is 10.2 Å². The lowest BCUT2D eigenvalue weighted by molar-refractivity contribution is -0.145. The van der Waals surface area contributed by atoms with Crippen LogP contribution in [0.25, 0.3) is 5.65 Å². The molecule has 3 aromatic heterocycles. The molecule has 1 N–H and O–H groups in total. The third-order valence-corrected chi connectivity index (χ3v) is 10.6. The highest BCUT2D eigenvalue weighted by molar-refractivity contribution is 7.89. The molecule has 0 radical (unpaired) electrons. The third-order valence-electron chi connectivity index (χ3n) is 8.74. The molecule has 1 fully saturated rings. The Kier molecular flexibility index (Phi) is 7.82. The molecule has 1 unspecified atom stereocenters. The number of rotatable bonds is 6. The van der Waals surface area contributed by atoms with Crippen LogP contribution in [0.2, 0.25) is 0 Å². The van der Waals surface area contributed by atoms with E-state index in [-0.39, 0.29) is 36.1 Å². The second-order valence-corrected chi connectivity index (χ2v) is 13.6. The number of carbonyl (C=O) groups is 1. The fourth-order valence-corrected chi connectivity index (χ4v) is 7.99. The van der Waals surface area contributed by atoms with Crippen LogP contribution in [-0.2, 0) is 27.5 Å². The fourth-order valence-electron chi connectivity index (χ4n) is 6.39. The molecular weight excluding hydrogens is 611 g/mol. The van der Waals surface area contributed by atoms with Gasteiger partial charge in [-0.25, -0.2) is 13.4 Å². The minimum Gasteiger partial charge on any atom is -0.481 e. The van der Waals surface area contributed by atoms with Gasteiger partial charge in [-0.1, -0.05) is 18.2 Å². The molecule has 1 saturated heterocycles. The molecule has 0 spiro atoms. The number of nitrogens with zero attached hydrogens (tertiary/aromatic N) is 7. The summed E-state index contributed by atoms with van der Waals surface area (Å²) in [6, 6.07) is 9.90. The number of piperazine rings is 1. The number of alkyl halides is 3. The maximum absolute atomic E-state index is 14.1. The number of aromatic nitrogens is 4. The number of aliphatic carboxylic acids is 1. The molecule has 238 valence electrons. The molecule has 2 aliphatic rings. The van der Waals surface area contributed by atoms with E-state index in [4.69, 9.17) is 0 Å². The lowest BCUT2D eigenvalue weighted by Gasteiger charge is -2.40. The first-order chi connectivity index (χ1) is 21.3. The van der Waals surface area contributed by atoms with Crippen LogP contribution in [0.4, 0.5) is 19.0 Å². The maximum atomic E-state index is 14.1. The van der Waals surface area contributed by atoms with E-state index in [9.17, 15) is 31.5 Å². The summed E-state index contributed by atoms with van der Waals surface area (Å²) in [5.74, 6) is -2.57. The lowest BCUT2D eigenvalue weighted by Crippen LogP contribution is -2.55. The molecule has 45 heavy (non-hydrogen) atoms. The van der Waals surface area contributed by atoms with Crippen molar-refractivity contribution in [3.8, 4) is 0 Å². The van der Waals surface area contributed by atoms with Gasteiger partial charge in [0.15, 0.2) is 5.65 Å².